The van der Waals surface area contributed by atoms with Crippen molar-refractivity contribution in [2.24, 2.45) is 0 Å². The first kappa shape index (κ1) is 18.2. The molecule has 1 aromatic carbocycles. The van der Waals surface area contributed by atoms with Crippen molar-refractivity contribution in [2.45, 2.75) is 50.0 Å². The molecule has 3 rings (SSSR count). The highest BCUT2D eigenvalue weighted by molar-refractivity contribution is 5.74. The molecule has 1 saturated carbocycles. The fourth-order valence-electron chi connectivity index (χ4n) is 4.14. The van der Waals surface area contributed by atoms with Crippen LogP contribution in [-0.2, 0) is 10.2 Å². The topological polar surface area (TPSA) is 61.8 Å². The Kier molecular flexibility index (Phi) is 6.32. The van der Waals surface area contributed by atoms with Crippen molar-refractivity contribution >= 4 is 6.03 Å². The highest BCUT2D eigenvalue weighted by Gasteiger charge is 2.34. The average Bonchev–Trinajstić information content (AvgIpc) is 2.93. The van der Waals surface area contributed by atoms with Crippen molar-refractivity contribution in [3.63, 3.8) is 0 Å². The number of nitrogens with one attached hydrogen (secondary N) is 1. The maximum atomic E-state index is 12.6. The van der Waals surface area contributed by atoms with Gasteiger partial charge in [0.15, 0.2) is 0 Å². The Balaban J connectivity index is 1.67. The molecule has 138 valence electrons. The van der Waals surface area contributed by atoms with Gasteiger partial charge in [-0.05, 0) is 18.4 Å². The van der Waals surface area contributed by atoms with E-state index in [1.165, 1.54) is 31.2 Å². The molecule has 5 nitrogen and oxygen atoms in total. The number of benzene rings is 1. The van der Waals surface area contributed by atoms with Crippen molar-refractivity contribution in [3.05, 3.63) is 35.9 Å². The van der Waals surface area contributed by atoms with Crippen LogP contribution in [0.1, 0.15) is 44.1 Å². The summed E-state index contributed by atoms with van der Waals surface area (Å²) in [7, 11) is 0. The SMILES string of the molecule is O=C(NCC1(c2ccccc2)CCCCCC1)N1CCO[C@@H](CO)C1. The number of hydrogen-bond donors (Lipinski definition) is 2. The van der Waals surface area contributed by atoms with Gasteiger partial charge in [0.25, 0.3) is 0 Å². The largest absolute Gasteiger partial charge is 0.394 e. The fourth-order valence-corrected chi connectivity index (χ4v) is 4.14. The highest BCUT2D eigenvalue weighted by atomic mass is 16.5. The first-order valence-corrected chi connectivity index (χ1v) is 9.54. The molecule has 1 aromatic rings. The summed E-state index contributed by atoms with van der Waals surface area (Å²) in [5.41, 5.74) is 1.38. The molecular formula is C20H30N2O3. The predicted octanol–water partition coefficient (Wildman–Crippen LogP) is 2.68. The minimum Gasteiger partial charge on any atom is -0.394 e. The zero-order valence-corrected chi connectivity index (χ0v) is 15.0. The minimum atomic E-state index is -0.263. The maximum absolute atomic E-state index is 12.6. The van der Waals surface area contributed by atoms with Gasteiger partial charge in [0, 0.05) is 18.5 Å². The van der Waals surface area contributed by atoms with Crippen LogP contribution >= 0.6 is 0 Å². The number of nitrogens with zero attached hydrogens (tertiary/aromatic N) is 1. The van der Waals surface area contributed by atoms with E-state index in [9.17, 15) is 9.90 Å². The summed E-state index contributed by atoms with van der Waals surface area (Å²) >= 11 is 0. The quantitative estimate of drug-likeness (QED) is 0.824. The van der Waals surface area contributed by atoms with Crippen molar-refractivity contribution in [3.8, 4) is 0 Å². The second-order valence-electron chi connectivity index (χ2n) is 7.34. The molecule has 1 atom stereocenters. The van der Waals surface area contributed by atoms with E-state index in [1.807, 2.05) is 0 Å². The van der Waals surface area contributed by atoms with Crippen LogP contribution in [0, 0.1) is 0 Å². The predicted molar refractivity (Wildman–Crippen MR) is 97.6 cm³/mol. The zero-order chi connectivity index (χ0) is 17.5. The minimum absolute atomic E-state index is 0.0378. The third-order valence-electron chi connectivity index (χ3n) is 5.65. The van der Waals surface area contributed by atoms with E-state index < -0.39 is 0 Å². The molecule has 2 amide bonds. The number of urea groups is 1. The lowest BCUT2D eigenvalue weighted by molar-refractivity contribution is -0.0403. The molecule has 2 N–H and O–H groups in total. The summed E-state index contributed by atoms with van der Waals surface area (Å²) in [6, 6.07) is 10.6. The van der Waals surface area contributed by atoms with Crippen LogP contribution in [0.4, 0.5) is 4.79 Å². The third-order valence-corrected chi connectivity index (χ3v) is 5.65. The molecule has 2 aliphatic rings. The van der Waals surface area contributed by atoms with Gasteiger partial charge in [-0.3, -0.25) is 0 Å². The Morgan fingerprint density at radius 3 is 2.60 bits per heavy atom. The van der Waals surface area contributed by atoms with Gasteiger partial charge < -0.3 is 20.1 Å². The van der Waals surface area contributed by atoms with Gasteiger partial charge in [0.05, 0.1) is 25.9 Å². The van der Waals surface area contributed by atoms with E-state index in [-0.39, 0.29) is 24.2 Å². The smallest absolute Gasteiger partial charge is 0.317 e. The zero-order valence-electron chi connectivity index (χ0n) is 15.0. The van der Waals surface area contributed by atoms with Crippen molar-refractivity contribution < 1.29 is 14.6 Å². The summed E-state index contributed by atoms with van der Waals surface area (Å²) in [4.78, 5) is 14.4. The number of hydrogen-bond acceptors (Lipinski definition) is 3. The van der Waals surface area contributed by atoms with Gasteiger partial charge >= 0.3 is 6.03 Å². The van der Waals surface area contributed by atoms with Crippen LogP contribution in [-0.4, -0.2) is 55.0 Å². The third kappa shape index (κ3) is 4.53. The molecule has 0 radical (unpaired) electrons. The first-order chi connectivity index (χ1) is 12.2. The standard InChI is InChI=1S/C20H30N2O3/c23-15-18-14-22(12-13-25-18)19(24)21-16-20(10-6-1-2-7-11-20)17-8-4-3-5-9-17/h3-5,8-9,18,23H,1-2,6-7,10-16H2,(H,21,24)/t18-/m1/s1. The molecule has 1 heterocycles. The molecule has 5 heteroatoms. The lowest BCUT2D eigenvalue weighted by Gasteiger charge is -2.36. The van der Waals surface area contributed by atoms with Crippen LogP contribution in [0.15, 0.2) is 30.3 Å². The number of aliphatic hydroxyl groups is 1. The van der Waals surface area contributed by atoms with Gasteiger partial charge in [-0.25, -0.2) is 4.79 Å². The summed E-state index contributed by atoms with van der Waals surface area (Å²) < 4.78 is 5.44. The first-order valence-electron chi connectivity index (χ1n) is 9.54. The van der Waals surface area contributed by atoms with E-state index in [4.69, 9.17) is 4.74 Å². The monoisotopic (exact) mass is 346 g/mol. The number of rotatable bonds is 4. The summed E-state index contributed by atoms with van der Waals surface area (Å²) in [6.45, 7) is 2.17. The molecule has 0 aromatic heterocycles. The molecule has 25 heavy (non-hydrogen) atoms. The summed E-state index contributed by atoms with van der Waals surface area (Å²) in [5.74, 6) is 0. The van der Waals surface area contributed by atoms with E-state index >= 15 is 0 Å². The number of morpholine rings is 1. The lowest BCUT2D eigenvalue weighted by Crippen LogP contribution is -2.52. The summed E-state index contributed by atoms with van der Waals surface area (Å²) in [5, 5.41) is 12.4. The normalized spacial score (nSPS) is 23.7. The van der Waals surface area contributed by atoms with Crippen LogP contribution in [0.5, 0.6) is 0 Å². The van der Waals surface area contributed by atoms with Crippen LogP contribution in [0.3, 0.4) is 0 Å². The number of carbonyl (C=O) groups excluding carboxylic acids is 1. The summed E-state index contributed by atoms with van der Waals surface area (Å²) in [6.07, 6.45) is 6.98. The Labute approximate surface area is 150 Å². The van der Waals surface area contributed by atoms with E-state index in [2.05, 4.69) is 35.6 Å². The van der Waals surface area contributed by atoms with Gasteiger partial charge in [-0.1, -0.05) is 56.0 Å². The Hall–Kier alpha value is -1.59. The Morgan fingerprint density at radius 2 is 1.92 bits per heavy atom. The van der Waals surface area contributed by atoms with Gasteiger partial charge in [0.2, 0.25) is 0 Å². The van der Waals surface area contributed by atoms with Gasteiger partial charge in [-0.15, -0.1) is 0 Å². The Bertz CT molecular complexity index is 541. The maximum Gasteiger partial charge on any atom is 0.317 e. The molecule has 1 aliphatic heterocycles. The van der Waals surface area contributed by atoms with Gasteiger partial charge in [0.1, 0.15) is 0 Å². The molecule has 0 bridgehead atoms. The fraction of sp³-hybridized carbons (Fsp3) is 0.650. The van der Waals surface area contributed by atoms with E-state index in [0.717, 1.165) is 12.8 Å². The Morgan fingerprint density at radius 1 is 1.20 bits per heavy atom. The molecule has 2 fully saturated rings. The molecular weight excluding hydrogens is 316 g/mol. The van der Waals surface area contributed by atoms with Crippen LogP contribution < -0.4 is 5.32 Å². The molecule has 0 spiro atoms. The van der Waals surface area contributed by atoms with Gasteiger partial charge in [-0.2, -0.15) is 0 Å². The number of ether oxygens (including phenoxy) is 1. The van der Waals surface area contributed by atoms with E-state index in [1.54, 1.807) is 4.90 Å². The number of amides is 2. The van der Waals surface area contributed by atoms with E-state index in [0.29, 0.717) is 26.2 Å². The molecule has 1 aliphatic carbocycles. The average molecular weight is 346 g/mol. The number of aliphatic hydroxyl groups excluding tert-OH is 1. The molecule has 1 saturated heterocycles. The van der Waals surface area contributed by atoms with Crippen LogP contribution in [0.25, 0.3) is 0 Å². The van der Waals surface area contributed by atoms with Crippen molar-refractivity contribution in [1.29, 1.82) is 0 Å². The second kappa shape index (κ2) is 8.68. The lowest BCUT2D eigenvalue weighted by atomic mass is 9.74. The number of carbonyl (C=O) groups is 1. The highest BCUT2D eigenvalue weighted by Crippen LogP contribution is 2.37. The van der Waals surface area contributed by atoms with Crippen LogP contribution in [0.2, 0.25) is 0 Å². The van der Waals surface area contributed by atoms with Crippen molar-refractivity contribution in [1.82, 2.24) is 10.2 Å². The molecule has 0 unspecified atom stereocenters. The second-order valence-corrected chi connectivity index (χ2v) is 7.34. The van der Waals surface area contributed by atoms with Crippen molar-refractivity contribution in [2.75, 3.05) is 32.8 Å².